The molecule has 0 spiro atoms. The highest BCUT2D eigenvalue weighted by Gasteiger charge is 2.29. The van der Waals surface area contributed by atoms with Crippen molar-refractivity contribution in [2.45, 2.75) is 46.1 Å². The van der Waals surface area contributed by atoms with E-state index >= 15 is 0 Å². The van der Waals surface area contributed by atoms with Crippen LogP contribution < -0.4 is 9.62 Å². The zero-order valence-corrected chi connectivity index (χ0v) is 18.3. The van der Waals surface area contributed by atoms with Gasteiger partial charge in [-0.25, -0.2) is 8.42 Å². The Morgan fingerprint density at radius 1 is 1.18 bits per heavy atom. The maximum atomic E-state index is 12.7. The van der Waals surface area contributed by atoms with Crippen LogP contribution in [0.3, 0.4) is 0 Å². The van der Waals surface area contributed by atoms with E-state index < -0.39 is 22.0 Å². The van der Waals surface area contributed by atoms with Crippen LogP contribution >= 0.6 is 11.6 Å². The summed E-state index contributed by atoms with van der Waals surface area (Å²) in [5.74, 6) is -0.413. The Kier molecular flexibility index (Phi) is 7.49. The monoisotopic (exact) mass is 422 g/mol. The zero-order valence-electron chi connectivity index (χ0n) is 16.7. The number of rotatable bonds is 8. The maximum Gasteiger partial charge on any atom is 0.247 e. The number of nitrogens with zero attached hydrogens (tertiary/aromatic N) is 1. The van der Waals surface area contributed by atoms with Gasteiger partial charge in [0.25, 0.3) is 0 Å². The predicted molar refractivity (Wildman–Crippen MR) is 117 cm³/mol. The summed E-state index contributed by atoms with van der Waals surface area (Å²) in [4.78, 5) is 12.7. The molecule has 7 heteroatoms. The topological polar surface area (TPSA) is 66.5 Å². The smallest absolute Gasteiger partial charge is 0.247 e. The van der Waals surface area contributed by atoms with Gasteiger partial charge in [0.2, 0.25) is 15.9 Å². The molecule has 0 heterocycles. The Morgan fingerprint density at radius 3 is 2.36 bits per heavy atom. The van der Waals surface area contributed by atoms with E-state index in [9.17, 15) is 13.2 Å². The van der Waals surface area contributed by atoms with Gasteiger partial charge in [0.15, 0.2) is 0 Å². The van der Waals surface area contributed by atoms with E-state index in [-0.39, 0.29) is 0 Å². The van der Waals surface area contributed by atoms with Crippen molar-refractivity contribution in [3.63, 3.8) is 0 Å². The minimum atomic E-state index is -3.69. The van der Waals surface area contributed by atoms with E-state index in [0.717, 1.165) is 35.4 Å². The van der Waals surface area contributed by atoms with Crippen molar-refractivity contribution < 1.29 is 13.2 Å². The molecule has 0 aliphatic rings. The molecule has 2 aromatic carbocycles. The maximum absolute atomic E-state index is 12.7. The Morgan fingerprint density at radius 2 is 1.82 bits per heavy atom. The Balaban J connectivity index is 2.20. The van der Waals surface area contributed by atoms with Crippen LogP contribution in [0.15, 0.2) is 42.5 Å². The predicted octanol–water partition coefficient (Wildman–Crippen LogP) is 4.78. The van der Waals surface area contributed by atoms with Crippen LogP contribution in [0.25, 0.3) is 0 Å². The van der Waals surface area contributed by atoms with E-state index in [2.05, 4.69) is 12.2 Å². The highest BCUT2D eigenvalue weighted by Crippen LogP contribution is 2.27. The summed E-state index contributed by atoms with van der Waals surface area (Å²) in [6.45, 7) is 5.53. The first-order chi connectivity index (χ1) is 13.1. The zero-order chi connectivity index (χ0) is 20.9. The van der Waals surface area contributed by atoms with Crippen molar-refractivity contribution in [3.8, 4) is 0 Å². The third-order valence-electron chi connectivity index (χ3n) is 4.54. The summed E-state index contributed by atoms with van der Waals surface area (Å²) in [5.41, 5.74) is 3.03. The second-order valence-electron chi connectivity index (χ2n) is 6.96. The lowest BCUT2D eigenvalue weighted by molar-refractivity contribution is -0.116. The summed E-state index contributed by atoms with van der Waals surface area (Å²) in [7, 11) is -3.69. The number of benzene rings is 2. The highest BCUT2D eigenvalue weighted by molar-refractivity contribution is 7.92. The number of carbonyl (C=O) groups is 1. The lowest BCUT2D eigenvalue weighted by atomic mass is 10.1. The molecular weight excluding hydrogens is 396 g/mol. The molecule has 28 heavy (non-hydrogen) atoms. The Labute approximate surface area is 172 Å². The van der Waals surface area contributed by atoms with Gasteiger partial charge in [-0.2, -0.15) is 0 Å². The van der Waals surface area contributed by atoms with Gasteiger partial charge in [0.1, 0.15) is 6.04 Å². The van der Waals surface area contributed by atoms with Crippen LogP contribution in [0.1, 0.15) is 37.8 Å². The third-order valence-corrected chi connectivity index (χ3v) is 6.19. The standard InChI is InChI=1S/C21H27ClN2O3S/c1-5-6-7-17-9-11-18(12-10-17)23-21(25)16(3)24(28(4,26)27)19-13-8-15(2)20(22)14-19/h8-14,16H,5-7H2,1-4H3,(H,23,25). The SMILES string of the molecule is CCCCc1ccc(NC(=O)C(C)N(c2ccc(C)c(Cl)c2)S(C)(=O)=O)cc1. The minimum Gasteiger partial charge on any atom is -0.324 e. The summed E-state index contributed by atoms with van der Waals surface area (Å²) < 4.78 is 25.8. The van der Waals surface area contributed by atoms with E-state index in [1.54, 1.807) is 25.1 Å². The van der Waals surface area contributed by atoms with E-state index in [1.807, 2.05) is 31.2 Å². The Hall–Kier alpha value is -2.05. The number of unbranched alkanes of at least 4 members (excludes halogenated alkanes) is 1. The average molecular weight is 423 g/mol. The average Bonchev–Trinajstić information content (AvgIpc) is 2.63. The molecule has 0 aliphatic heterocycles. The van der Waals surface area contributed by atoms with Gasteiger partial charge in [-0.05, 0) is 62.1 Å². The van der Waals surface area contributed by atoms with Gasteiger partial charge >= 0.3 is 0 Å². The lowest BCUT2D eigenvalue weighted by Gasteiger charge is -2.28. The molecule has 5 nitrogen and oxygen atoms in total. The van der Waals surface area contributed by atoms with Crippen LogP contribution in [-0.4, -0.2) is 26.6 Å². The molecule has 0 saturated carbocycles. The molecule has 0 radical (unpaired) electrons. The number of sulfonamides is 1. The molecule has 2 rings (SSSR count). The third kappa shape index (κ3) is 5.72. The van der Waals surface area contributed by atoms with Gasteiger partial charge in [0, 0.05) is 10.7 Å². The first kappa shape index (κ1) is 22.2. The number of nitrogens with one attached hydrogen (secondary N) is 1. The van der Waals surface area contributed by atoms with Crippen molar-refractivity contribution >= 4 is 38.9 Å². The largest absolute Gasteiger partial charge is 0.324 e. The van der Waals surface area contributed by atoms with Crippen molar-refractivity contribution in [2.24, 2.45) is 0 Å². The first-order valence-corrected chi connectivity index (χ1v) is 11.5. The Bertz CT molecular complexity index is 927. The van der Waals surface area contributed by atoms with Crippen LogP contribution in [0.2, 0.25) is 5.02 Å². The van der Waals surface area contributed by atoms with Crippen LogP contribution in [0, 0.1) is 6.92 Å². The molecule has 1 N–H and O–H groups in total. The molecule has 152 valence electrons. The highest BCUT2D eigenvalue weighted by atomic mass is 35.5. The second kappa shape index (κ2) is 9.43. The number of anilines is 2. The van der Waals surface area contributed by atoms with Crippen molar-refractivity contribution in [2.75, 3.05) is 15.9 Å². The molecule has 2 aromatic rings. The molecule has 0 bridgehead atoms. The molecule has 1 amide bonds. The number of hydrogen-bond donors (Lipinski definition) is 1. The van der Waals surface area contributed by atoms with Crippen LogP contribution in [0.4, 0.5) is 11.4 Å². The van der Waals surface area contributed by atoms with E-state index in [4.69, 9.17) is 11.6 Å². The van der Waals surface area contributed by atoms with Gasteiger partial charge < -0.3 is 5.32 Å². The first-order valence-electron chi connectivity index (χ1n) is 9.29. The van der Waals surface area contributed by atoms with Crippen molar-refractivity contribution in [1.29, 1.82) is 0 Å². The molecule has 1 atom stereocenters. The van der Waals surface area contributed by atoms with Crippen LogP contribution in [0.5, 0.6) is 0 Å². The number of carbonyl (C=O) groups excluding carboxylic acids is 1. The number of hydrogen-bond acceptors (Lipinski definition) is 3. The van der Waals surface area contributed by atoms with E-state index in [1.165, 1.54) is 5.56 Å². The number of halogens is 1. The summed E-state index contributed by atoms with van der Waals surface area (Å²) in [6, 6.07) is 11.6. The van der Waals surface area contributed by atoms with Crippen molar-refractivity contribution in [1.82, 2.24) is 0 Å². The van der Waals surface area contributed by atoms with Crippen LogP contribution in [-0.2, 0) is 21.2 Å². The van der Waals surface area contributed by atoms with Gasteiger partial charge in [-0.3, -0.25) is 9.10 Å². The van der Waals surface area contributed by atoms with Gasteiger partial charge in [-0.15, -0.1) is 0 Å². The lowest BCUT2D eigenvalue weighted by Crippen LogP contribution is -2.45. The summed E-state index contributed by atoms with van der Waals surface area (Å²) in [6.07, 6.45) is 4.32. The molecule has 0 fully saturated rings. The molecular formula is C21H27ClN2O3S. The molecule has 0 aliphatic carbocycles. The number of amides is 1. The number of aryl methyl sites for hydroxylation is 2. The fourth-order valence-corrected chi connectivity index (χ4v) is 4.25. The van der Waals surface area contributed by atoms with Gasteiger partial charge in [0.05, 0.1) is 11.9 Å². The van der Waals surface area contributed by atoms with Gasteiger partial charge in [-0.1, -0.05) is 43.1 Å². The minimum absolute atomic E-state index is 0.357. The van der Waals surface area contributed by atoms with Crippen molar-refractivity contribution in [3.05, 3.63) is 58.6 Å². The fourth-order valence-electron chi connectivity index (χ4n) is 2.91. The molecule has 1 unspecified atom stereocenters. The quantitative estimate of drug-likeness (QED) is 0.665. The fraction of sp³-hybridized carbons (Fsp3) is 0.381. The normalized spacial score (nSPS) is 12.5. The summed E-state index contributed by atoms with van der Waals surface area (Å²) >= 11 is 6.15. The van der Waals surface area contributed by atoms with E-state index in [0.29, 0.717) is 16.4 Å². The second-order valence-corrected chi connectivity index (χ2v) is 9.22. The molecule has 0 saturated heterocycles. The molecule has 0 aromatic heterocycles. The summed E-state index contributed by atoms with van der Waals surface area (Å²) in [5, 5.41) is 3.24.